The van der Waals surface area contributed by atoms with E-state index in [2.05, 4.69) is 44.0 Å². The summed E-state index contributed by atoms with van der Waals surface area (Å²) < 4.78 is 5.78. The van der Waals surface area contributed by atoms with Crippen LogP contribution in [0.25, 0.3) is 0 Å². The number of nitrogens with zero attached hydrogens (tertiary/aromatic N) is 1. The molecule has 0 amide bonds. The van der Waals surface area contributed by atoms with Gasteiger partial charge >= 0.3 is 0 Å². The third kappa shape index (κ3) is 3.57. The Labute approximate surface area is 115 Å². The Bertz CT molecular complexity index is 519. The van der Waals surface area contributed by atoms with E-state index in [1.54, 1.807) is 6.20 Å². The van der Waals surface area contributed by atoms with Crippen molar-refractivity contribution in [2.24, 2.45) is 0 Å². The predicted molar refractivity (Wildman–Crippen MR) is 78.5 cm³/mol. The van der Waals surface area contributed by atoms with Crippen molar-refractivity contribution < 1.29 is 4.74 Å². The van der Waals surface area contributed by atoms with E-state index in [1.807, 2.05) is 18.2 Å². The van der Waals surface area contributed by atoms with Crippen molar-refractivity contribution in [3.05, 3.63) is 59.4 Å². The average Bonchev–Trinajstić information content (AvgIpc) is 2.46. The number of hydrogen-bond acceptors (Lipinski definition) is 2. The van der Waals surface area contributed by atoms with Crippen molar-refractivity contribution in [3.8, 4) is 5.75 Å². The maximum atomic E-state index is 5.78. The first-order valence-electron chi connectivity index (χ1n) is 6.84. The third-order valence-corrected chi connectivity index (χ3v) is 3.55. The lowest BCUT2D eigenvalue weighted by Crippen LogP contribution is -2.00. The monoisotopic (exact) mass is 255 g/mol. The van der Waals surface area contributed by atoms with Crippen LogP contribution >= 0.6 is 0 Å². The Morgan fingerprint density at radius 3 is 2.53 bits per heavy atom. The molecule has 2 rings (SSSR count). The van der Waals surface area contributed by atoms with Gasteiger partial charge in [-0.2, -0.15) is 0 Å². The van der Waals surface area contributed by atoms with Gasteiger partial charge in [0.15, 0.2) is 0 Å². The van der Waals surface area contributed by atoms with Gasteiger partial charge in [0.05, 0.1) is 5.69 Å². The van der Waals surface area contributed by atoms with E-state index in [1.165, 1.54) is 11.1 Å². The molecule has 0 radical (unpaired) electrons. The van der Waals surface area contributed by atoms with Crippen molar-refractivity contribution >= 4 is 0 Å². The zero-order valence-electron chi connectivity index (χ0n) is 11.9. The maximum Gasteiger partial charge on any atom is 0.130 e. The first kappa shape index (κ1) is 13.6. The van der Waals surface area contributed by atoms with E-state index in [0.717, 1.165) is 17.9 Å². The molecule has 0 fully saturated rings. The second kappa shape index (κ2) is 6.37. The highest BCUT2D eigenvalue weighted by Gasteiger charge is 2.04. The van der Waals surface area contributed by atoms with Crippen LogP contribution in [0.4, 0.5) is 0 Å². The number of pyridine rings is 1. The summed E-state index contributed by atoms with van der Waals surface area (Å²) in [5.41, 5.74) is 3.52. The summed E-state index contributed by atoms with van der Waals surface area (Å²) >= 11 is 0. The molecule has 1 unspecified atom stereocenters. The zero-order valence-corrected chi connectivity index (χ0v) is 11.9. The molecular weight excluding hydrogens is 234 g/mol. The summed E-state index contributed by atoms with van der Waals surface area (Å²) in [6.07, 6.45) is 2.96. The molecule has 1 aromatic carbocycles. The predicted octanol–water partition coefficient (Wildman–Crippen LogP) is 4.48. The molecule has 2 aromatic rings. The minimum Gasteiger partial charge on any atom is -0.487 e. The summed E-state index contributed by atoms with van der Waals surface area (Å²) in [4.78, 5) is 4.33. The van der Waals surface area contributed by atoms with Crippen LogP contribution in [0.15, 0.2) is 42.6 Å². The van der Waals surface area contributed by atoms with Gasteiger partial charge in [-0.05, 0) is 48.6 Å². The van der Waals surface area contributed by atoms with E-state index in [-0.39, 0.29) is 0 Å². The van der Waals surface area contributed by atoms with Crippen LogP contribution in [-0.2, 0) is 6.61 Å². The fraction of sp³-hybridized carbons (Fsp3) is 0.353. The van der Waals surface area contributed by atoms with Gasteiger partial charge in [0, 0.05) is 6.20 Å². The van der Waals surface area contributed by atoms with E-state index < -0.39 is 0 Å². The number of hydrogen-bond donors (Lipinski definition) is 0. The summed E-state index contributed by atoms with van der Waals surface area (Å²) in [5.74, 6) is 1.50. The normalized spacial score (nSPS) is 12.2. The number of ether oxygens (including phenoxy) is 1. The second-order valence-electron chi connectivity index (χ2n) is 4.93. The Morgan fingerprint density at radius 1 is 1.16 bits per heavy atom. The highest BCUT2D eigenvalue weighted by Crippen LogP contribution is 2.22. The Morgan fingerprint density at radius 2 is 1.89 bits per heavy atom. The van der Waals surface area contributed by atoms with Crippen LogP contribution in [0, 0.1) is 6.92 Å². The molecule has 0 N–H and O–H groups in total. The minimum absolute atomic E-state index is 0.523. The average molecular weight is 255 g/mol. The molecular formula is C17H21NO. The van der Waals surface area contributed by atoms with E-state index in [0.29, 0.717) is 12.5 Å². The fourth-order valence-corrected chi connectivity index (χ4v) is 1.95. The lowest BCUT2D eigenvalue weighted by atomic mass is 9.99. The van der Waals surface area contributed by atoms with Crippen LogP contribution in [-0.4, -0.2) is 4.98 Å². The SMILES string of the molecule is CCC(C)c1ccc(OCc2ncccc2C)cc1. The number of rotatable bonds is 5. The first-order valence-corrected chi connectivity index (χ1v) is 6.84. The van der Waals surface area contributed by atoms with Gasteiger partial charge in [0.1, 0.15) is 12.4 Å². The molecule has 2 nitrogen and oxygen atoms in total. The smallest absolute Gasteiger partial charge is 0.130 e. The molecule has 1 atom stereocenters. The summed E-state index contributed by atoms with van der Waals surface area (Å²) in [6.45, 7) is 7.03. The van der Waals surface area contributed by atoms with Crippen molar-refractivity contribution in [2.75, 3.05) is 0 Å². The number of aryl methyl sites for hydroxylation is 1. The van der Waals surface area contributed by atoms with Crippen molar-refractivity contribution in [3.63, 3.8) is 0 Å². The van der Waals surface area contributed by atoms with E-state index in [9.17, 15) is 0 Å². The molecule has 1 heterocycles. The highest BCUT2D eigenvalue weighted by atomic mass is 16.5. The molecule has 0 saturated heterocycles. The molecule has 100 valence electrons. The quantitative estimate of drug-likeness (QED) is 0.785. The molecule has 1 aromatic heterocycles. The molecule has 0 spiro atoms. The van der Waals surface area contributed by atoms with Gasteiger partial charge in [-0.1, -0.05) is 32.0 Å². The standard InChI is InChI=1S/C17H21NO/c1-4-13(2)15-7-9-16(10-8-15)19-12-17-14(3)6-5-11-18-17/h5-11,13H,4,12H2,1-3H3. The summed E-state index contributed by atoms with van der Waals surface area (Å²) in [5, 5.41) is 0. The van der Waals surface area contributed by atoms with Gasteiger partial charge in [-0.3, -0.25) is 4.98 Å². The topological polar surface area (TPSA) is 22.1 Å². The van der Waals surface area contributed by atoms with Gasteiger partial charge in [-0.15, -0.1) is 0 Å². The fourth-order valence-electron chi connectivity index (χ4n) is 1.95. The zero-order chi connectivity index (χ0) is 13.7. The Balaban J connectivity index is 1.99. The number of benzene rings is 1. The van der Waals surface area contributed by atoms with Crippen molar-refractivity contribution in [1.82, 2.24) is 4.98 Å². The lowest BCUT2D eigenvalue weighted by molar-refractivity contribution is 0.300. The van der Waals surface area contributed by atoms with Crippen LogP contribution in [0.3, 0.4) is 0 Å². The molecule has 0 bridgehead atoms. The second-order valence-corrected chi connectivity index (χ2v) is 4.93. The number of aromatic nitrogens is 1. The summed E-state index contributed by atoms with van der Waals surface area (Å²) in [6, 6.07) is 12.4. The highest BCUT2D eigenvalue weighted by molar-refractivity contribution is 5.29. The van der Waals surface area contributed by atoms with Crippen LogP contribution in [0.2, 0.25) is 0 Å². The van der Waals surface area contributed by atoms with Crippen LogP contribution < -0.4 is 4.74 Å². The van der Waals surface area contributed by atoms with Crippen LogP contribution in [0.1, 0.15) is 43.0 Å². The van der Waals surface area contributed by atoms with Crippen molar-refractivity contribution in [2.45, 2.75) is 39.7 Å². The van der Waals surface area contributed by atoms with Gasteiger partial charge < -0.3 is 4.74 Å². The van der Waals surface area contributed by atoms with Gasteiger partial charge in [-0.25, -0.2) is 0 Å². The molecule has 0 aliphatic carbocycles. The first-order chi connectivity index (χ1) is 9.20. The molecule has 0 aliphatic heterocycles. The largest absolute Gasteiger partial charge is 0.487 e. The van der Waals surface area contributed by atoms with E-state index in [4.69, 9.17) is 4.74 Å². The lowest BCUT2D eigenvalue weighted by Gasteiger charge is -2.11. The third-order valence-electron chi connectivity index (χ3n) is 3.55. The molecule has 0 saturated carbocycles. The maximum absolute atomic E-state index is 5.78. The van der Waals surface area contributed by atoms with Gasteiger partial charge in [0.25, 0.3) is 0 Å². The van der Waals surface area contributed by atoms with E-state index >= 15 is 0 Å². The molecule has 2 heteroatoms. The summed E-state index contributed by atoms with van der Waals surface area (Å²) in [7, 11) is 0. The van der Waals surface area contributed by atoms with Gasteiger partial charge in [0.2, 0.25) is 0 Å². The minimum atomic E-state index is 0.523. The molecule has 19 heavy (non-hydrogen) atoms. The molecule has 0 aliphatic rings. The van der Waals surface area contributed by atoms with Crippen LogP contribution in [0.5, 0.6) is 5.75 Å². The van der Waals surface area contributed by atoms with Crippen molar-refractivity contribution in [1.29, 1.82) is 0 Å². The Hall–Kier alpha value is -1.83. The Kier molecular flexibility index (Phi) is 4.56.